The molecule has 22 heavy (non-hydrogen) atoms. The zero-order valence-electron chi connectivity index (χ0n) is 11.8. The molecule has 108 valence electrons. The van der Waals surface area contributed by atoms with E-state index < -0.39 is 0 Å². The van der Waals surface area contributed by atoms with Crippen molar-refractivity contribution in [3.8, 4) is 11.4 Å². The molecular formula is C17H12BrN3O. The van der Waals surface area contributed by atoms with Gasteiger partial charge in [0.05, 0.1) is 7.11 Å². The molecule has 0 radical (unpaired) electrons. The second-order valence-corrected chi connectivity index (χ2v) is 5.88. The number of nitrogens with zero attached hydrogens (tertiary/aromatic N) is 3. The molecule has 0 saturated heterocycles. The molecule has 0 N–H and O–H groups in total. The van der Waals surface area contributed by atoms with E-state index in [-0.39, 0.29) is 0 Å². The van der Waals surface area contributed by atoms with Crippen LogP contribution in [0.1, 0.15) is 0 Å². The van der Waals surface area contributed by atoms with E-state index in [0.29, 0.717) is 0 Å². The topological polar surface area (TPSA) is 39.9 Å². The van der Waals surface area contributed by atoms with E-state index in [1.54, 1.807) is 11.9 Å². The summed E-state index contributed by atoms with van der Waals surface area (Å²) in [6.07, 6.45) is 0. The second-order valence-electron chi connectivity index (χ2n) is 4.96. The molecule has 4 nitrogen and oxygen atoms in total. The average molecular weight is 354 g/mol. The minimum absolute atomic E-state index is 0.748. The Morgan fingerprint density at radius 2 is 1.77 bits per heavy atom. The fourth-order valence-corrected chi connectivity index (χ4v) is 2.94. The van der Waals surface area contributed by atoms with E-state index in [4.69, 9.17) is 4.74 Å². The van der Waals surface area contributed by atoms with Crippen molar-refractivity contribution in [2.75, 3.05) is 7.11 Å². The Kier molecular flexibility index (Phi) is 3.08. The maximum absolute atomic E-state index is 5.52. The van der Waals surface area contributed by atoms with Gasteiger partial charge in [0.25, 0.3) is 0 Å². The molecule has 0 aliphatic carbocycles. The summed E-state index contributed by atoms with van der Waals surface area (Å²) in [5, 5.41) is 11.4. The molecule has 0 aliphatic rings. The summed E-state index contributed by atoms with van der Waals surface area (Å²) in [7, 11) is 1.66. The Bertz CT molecular complexity index is 994. The standard InChI is InChI=1S/C17H12BrN3O/c1-22-16-9-6-11-4-2-3-5-13(11)17(16)21-19-14-8-7-12(18)10-15(14)20-21/h2-10H,1H3. The highest BCUT2D eigenvalue weighted by molar-refractivity contribution is 9.10. The van der Waals surface area contributed by atoms with Gasteiger partial charge in [0.15, 0.2) is 0 Å². The second kappa shape index (κ2) is 5.10. The predicted molar refractivity (Wildman–Crippen MR) is 90.6 cm³/mol. The van der Waals surface area contributed by atoms with Crippen molar-refractivity contribution in [1.29, 1.82) is 0 Å². The van der Waals surface area contributed by atoms with Crippen molar-refractivity contribution in [1.82, 2.24) is 15.0 Å². The number of fused-ring (bicyclic) bond motifs is 2. The molecule has 0 unspecified atom stereocenters. The van der Waals surface area contributed by atoms with Crippen LogP contribution in [0.3, 0.4) is 0 Å². The van der Waals surface area contributed by atoms with Gasteiger partial charge in [-0.2, -0.15) is 0 Å². The maximum atomic E-state index is 5.52. The van der Waals surface area contributed by atoms with E-state index in [2.05, 4.69) is 38.3 Å². The maximum Gasteiger partial charge on any atom is 0.147 e. The van der Waals surface area contributed by atoms with Crippen LogP contribution < -0.4 is 4.74 Å². The van der Waals surface area contributed by atoms with E-state index in [1.807, 2.05) is 42.5 Å². The summed E-state index contributed by atoms with van der Waals surface area (Å²) >= 11 is 3.46. The highest BCUT2D eigenvalue weighted by atomic mass is 79.9. The van der Waals surface area contributed by atoms with Crippen LogP contribution in [0.25, 0.3) is 27.5 Å². The molecule has 3 aromatic carbocycles. The van der Waals surface area contributed by atoms with Gasteiger partial charge in [-0.15, -0.1) is 15.0 Å². The Balaban J connectivity index is 2.05. The third kappa shape index (κ3) is 2.05. The molecule has 1 aromatic heterocycles. The number of ether oxygens (including phenoxy) is 1. The van der Waals surface area contributed by atoms with Crippen molar-refractivity contribution in [2.45, 2.75) is 0 Å². The summed E-state index contributed by atoms with van der Waals surface area (Å²) in [5.74, 6) is 0.748. The Hall–Kier alpha value is -2.40. The van der Waals surface area contributed by atoms with E-state index >= 15 is 0 Å². The van der Waals surface area contributed by atoms with E-state index in [0.717, 1.165) is 37.7 Å². The first kappa shape index (κ1) is 13.3. The molecule has 1 heterocycles. The van der Waals surface area contributed by atoms with E-state index in [1.165, 1.54) is 0 Å². The minimum atomic E-state index is 0.748. The number of methoxy groups -OCH3 is 1. The van der Waals surface area contributed by atoms with Crippen LogP contribution in [0.4, 0.5) is 0 Å². The lowest BCUT2D eigenvalue weighted by Gasteiger charge is -2.10. The summed E-state index contributed by atoms with van der Waals surface area (Å²) in [5.41, 5.74) is 2.54. The normalized spacial score (nSPS) is 11.2. The number of benzene rings is 3. The zero-order valence-corrected chi connectivity index (χ0v) is 13.4. The Morgan fingerprint density at radius 3 is 2.64 bits per heavy atom. The van der Waals surface area contributed by atoms with Gasteiger partial charge in [-0.1, -0.05) is 46.3 Å². The highest BCUT2D eigenvalue weighted by Crippen LogP contribution is 2.31. The molecule has 0 aliphatic heterocycles. The zero-order chi connectivity index (χ0) is 15.1. The van der Waals surface area contributed by atoms with Gasteiger partial charge in [0.2, 0.25) is 0 Å². The summed E-state index contributed by atoms with van der Waals surface area (Å²) < 4.78 is 6.50. The van der Waals surface area contributed by atoms with Gasteiger partial charge >= 0.3 is 0 Å². The molecule has 0 fully saturated rings. The predicted octanol–water partition coefficient (Wildman–Crippen LogP) is 4.34. The van der Waals surface area contributed by atoms with Crippen LogP contribution in [0.2, 0.25) is 0 Å². The summed E-state index contributed by atoms with van der Waals surface area (Å²) in [4.78, 5) is 1.65. The smallest absolute Gasteiger partial charge is 0.147 e. The minimum Gasteiger partial charge on any atom is -0.494 e. The van der Waals surface area contributed by atoms with E-state index in [9.17, 15) is 0 Å². The van der Waals surface area contributed by atoms with Crippen LogP contribution in [-0.2, 0) is 0 Å². The van der Waals surface area contributed by atoms with Crippen LogP contribution in [0.5, 0.6) is 5.75 Å². The van der Waals surface area contributed by atoms with Crippen LogP contribution in [0, 0.1) is 0 Å². The molecule has 4 rings (SSSR count). The van der Waals surface area contributed by atoms with Gasteiger partial charge < -0.3 is 4.74 Å². The number of rotatable bonds is 2. The van der Waals surface area contributed by atoms with Gasteiger partial charge in [-0.25, -0.2) is 0 Å². The first-order chi connectivity index (χ1) is 10.8. The number of hydrogen-bond acceptors (Lipinski definition) is 3. The number of halogens is 1. The third-order valence-corrected chi connectivity index (χ3v) is 4.12. The lowest BCUT2D eigenvalue weighted by atomic mass is 10.1. The van der Waals surface area contributed by atoms with Crippen LogP contribution in [0.15, 0.2) is 59.1 Å². The first-order valence-electron chi connectivity index (χ1n) is 6.85. The lowest BCUT2D eigenvalue weighted by Crippen LogP contribution is -2.02. The third-order valence-electron chi connectivity index (χ3n) is 3.63. The largest absolute Gasteiger partial charge is 0.494 e. The van der Waals surface area contributed by atoms with Crippen molar-refractivity contribution in [3.63, 3.8) is 0 Å². The van der Waals surface area contributed by atoms with Gasteiger partial charge in [-0.05, 0) is 29.7 Å². The molecular weight excluding hydrogens is 342 g/mol. The summed E-state index contributed by atoms with van der Waals surface area (Å²) in [6, 6.07) is 18.0. The molecule has 0 bridgehead atoms. The summed E-state index contributed by atoms with van der Waals surface area (Å²) in [6.45, 7) is 0. The van der Waals surface area contributed by atoms with Crippen molar-refractivity contribution in [2.24, 2.45) is 0 Å². The first-order valence-corrected chi connectivity index (χ1v) is 7.64. The lowest BCUT2D eigenvalue weighted by molar-refractivity contribution is 0.411. The van der Waals surface area contributed by atoms with Crippen molar-refractivity contribution >= 4 is 37.7 Å². The fraction of sp³-hybridized carbons (Fsp3) is 0.0588. The molecule has 0 saturated carbocycles. The van der Waals surface area contributed by atoms with Crippen molar-refractivity contribution < 1.29 is 4.74 Å². The van der Waals surface area contributed by atoms with Gasteiger partial charge in [0.1, 0.15) is 22.5 Å². The molecule has 0 amide bonds. The Labute approximate surface area is 135 Å². The number of aromatic nitrogens is 3. The van der Waals surface area contributed by atoms with Crippen LogP contribution in [-0.4, -0.2) is 22.1 Å². The quantitative estimate of drug-likeness (QED) is 0.538. The average Bonchev–Trinajstić information content (AvgIpc) is 2.96. The molecule has 0 spiro atoms. The Morgan fingerprint density at radius 1 is 0.955 bits per heavy atom. The monoisotopic (exact) mass is 353 g/mol. The highest BCUT2D eigenvalue weighted by Gasteiger charge is 2.13. The number of hydrogen-bond donors (Lipinski definition) is 0. The van der Waals surface area contributed by atoms with Crippen LogP contribution >= 0.6 is 15.9 Å². The fourth-order valence-electron chi connectivity index (χ4n) is 2.59. The molecule has 5 heteroatoms. The molecule has 0 atom stereocenters. The van der Waals surface area contributed by atoms with Gasteiger partial charge in [0, 0.05) is 9.86 Å². The van der Waals surface area contributed by atoms with Gasteiger partial charge in [-0.3, -0.25) is 0 Å². The SMILES string of the molecule is COc1ccc2ccccc2c1-n1nc2ccc(Br)cc2n1. The van der Waals surface area contributed by atoms with Crippen molar-refractivity contribution in [3.05, 3.63) is 59.1 Å². The molecule has 4 aromatic rings.